The molecular weight excluding hydrogens is 394 g/mol. The number of amides is 1. The largest absolute Gasteiger partial charge is 0.487 e. The van der Waals surface area contributed by atoms with Crippen LogP contribution >= 0.6 is 0 Å². The number of hydrogen-bond acceptors (Lipinski definition) is 6. The van der Waals surface area contributed by atoms with Crippen molar-refractivity contribution >= 4 is 6.09 Å². The molecule has 0 spiro atoms. The van der Waals surface area contributed by atoms with Crippen molar-refractivity contribution in [2.45, 2.75) is 108 Å². The molecule has 7 nitrogen and oxygen atoms in total. The normalized spacial score (nSPS) is 30.5. The maximum absolute atomic E-state index is 12.6. The van der Waals surface area contributed by atoms with Crippen molar-refractivity contribution in [1.29, 1.82) is 5.26 Å². The summed E-state index contributed by atoms with van der Waals surface area (Å²) in [5.74, 6) is 0.570. The lowest BCUT2D eigenvalue weighted by molar-refractivity contribution is -0.0813. The average molecular weight is 428 g/mol. The van der Waals surface area contributed by atoms with Gasteiger partial charge in [-0.05, 0) is 84.3 Å². The Morgan fingerprint density at radius 3 is 2.32 bits per heavy atom. The first-order valence-corrected chi connectivity index (χ1v) is 11.5. The van der Waals surface area contributed by atoms with E-state index in [4.69, 9.17) is 14.2 Å². The van der Waals surface area contributed by atoms with E-state index in [0.717, 1.165) is 51.4 Å². The van der Waals surface area contributed by atoms with Crippen molar-refractivity contribution in [3.8, 4) is 11.8 Å². The zero-order valence-corrected chi connectivity index (χ0v) is 18.8. The van der Waals surface area contributed by atoms with E-state index in [2.05, 4.69) is 11.1 Å². The number of piperidine rings is 1. The van der Waals surface area contributed by atoms with Gasteiger partial charge in [-0.3, -0.25) is 0 Å². The van der Waals surface area contributed by atoms with Gasteiger partial charge in [0, 0.05) is 18.3 Å². The van der Waals surface area contributed by atoms with Crippen LogP contribution in [0.5, 0.6) is 5.75 Å². The second-order valence-corrected chi connectivity index (χ2v) is 9.98. The minimum atomic E-state index is -0.464. The molecule has 0 radical (unpaired) electrons. The Kier molecular flexibility index (Phi) is 6.38. The number of carbonyl (C=O) groups excluding carboxylic acids is 1. The minimum absolute atomic E-state index is 0.0985. The molecule has 1 aromatic heterocycles. The number of aromatic nitrogens is 1. The summed E-state index contributed by atoms with van der Waals surface area (Å²) >= 11 is 0. The molecule has 1 aromatic rings. The van der Waals surface area contributed by atoms with Crippen LogP contribution in [0.2, 0.25) is 0 Å². The second-order valence-electron chi connectivity index (χ2n) is 9.98. The van der Waals surface area contributed by atoms with Gasteiger partial charge in [0.05, 0.1) is 18.3 Å². The van der Waals surface area contributed by atoms with Crippen LogP contribution in [0.1, 0.15) is 77.8 Å². The summed E-state index contributed by atoms with van der Waals surface area (Å²) in [5, 5.41) is 9.18. The fourth-order valence-electron chi connectivity index (χ4n) is 5.16. The van der Waals surface area contributed by atoms with E-state index < -0.39 is 5.60 Å². The van der Waals surface area contributed by atoms with E-state index in [-0.39, 0.29) is 36.5 Å². The van der Waals surface area contributed by atoms with Crippen LogP contribution in [0.15, 0.2) is 18.3 Å². The molecule has 7 heteroatoms. The number of hydrogen-bond donors (Lipinski definition) is 0. The third-order valence-electron chi connectivity index (χ3n) is 6.47. The standard InChI is InChI=1S/C24H33N3O4/c1-24(2,3)31-23(28)27-16-6-7-17(27)14-20(13-16)29-18-8-10-19(11-9-18)30-22-5-4-12-26-21(22)15-25/h4-5,12,16-20H,6-11,13-14H2,1-3H3/t16-,17-,18?,19?/m0/s1. The summed E-state index contributed by atoms with van der Waals surface area (Å²) in [7, 11) is 0. The van der Waals surface area contributed by atoms with E-state index in [0.29, 0.717) is 11.4 Å². The Morgan fingerprint density at radius 1 is 1.06 bits per heavy atom. The third kappa shape index (κ3) is 5.30. The Labute approximate surface area is 184 Å². The van der Waals surface area contributed by atoms with Gasteiger partial charge in [0.25, 0.3) is 0 Å². The predicted octanol–water partition coefficient (Wildman–Crippen LogP) is 4.59. The smallest absolute Gasteiger partial charge is 0.410 e. The molecule has 1 saturated carbocycles. The van der Waals surface area contributed by atoms with Gasteiger partial charge in [-0.2, -0.15) is 5.26 Å². The van der Waals surface area contributed by atoms with Crippen molar-refractivity contribution in [2.75, 3.05) is 0 Å². The van der Waals surface area contributed by atoms with Crippen molar-refractivity contribution < 1.29 is 19.0 Å². The summed E-state index contributed by atoms with van der Waals surface area (Å²) in [5.41, 5.74) is -0.123. The van der Waals surface area contributed by atoms with Gasteiger partial charge in [0.1, 0.15) is 11.7 Å². The van der Waals surface area contributed by atoms with Gasteiger partial charge in [0.2, 0.25) is 0 Å². The average Bonchev–Trinajstić information content (AvgIpc) is 3.00. The topological polar surface area (TPSA) is 84.7 Å². The first-order valence-electron chi connectivity index (χ1n) is 11.5. The molecule has 2 atom stereocenters. The monoisotopic (exact) mass is 427 g/mol. The number of nitrogens with zero attached hydrogens (tertiary/aromatic N) is 3. The highest BCUT2D eigenvalue weighted by atomic mass is 16.6. The molecule has 1 amide bonds. The fourth-order valence-corrected chi connectivity index (χ4v) is 5.16. The summed E-state index contributed by atoms with van der Waals surface area (Å²) < 4.78 is 18.2. The van der Waals surface area contributed by atoms with Crippen LogP contribution in [0.25, 0.3) is 0 Å². The summed E-state index contributed by atoms with van der Waals surface area (Å²) in [6, 6.07) is 6.15. The number of ether oxygens (including phenoxy) is 3. The van der Waals surface area contributed by atoms with E-state index in [1.807, 2.05) is 31.7 Å². The molecule has 4 rings (SSSR count). The predicted molar refractivity (Wildman–Crippen MR) is 115 cm³/mol. The highest BCUT2D eigenvalue weighted by Gasteiger charge is 2.45. The van der Waals surface area contributed by atoms with Gasteiger partial charge < -0.3 is 19.1 Å². The zero-order valence-electron chi connectivity index (χ0n) is 18.8. The SMILES string of the molecule is CC(C)(C)OC(=O)N1[C@H]2CC[C@H]1CC(OC1CCC(Oc3cccnc3C#N)CC1)C2. The maximum Gasteiger partial charge on any atom is 0.410 e. The number of pyridine rings is 1. The van der Waals surface area contributed by atoms with Crippen LogP contribution in [0.3, 0.4) is 0 Å². The molecule has 1 aliphatic carbocycles. The Morgan fingerprint density at radius 2 is 1.71 bits per heavy atom. The third-order valence-corrected chi connectivity index (χ3v) is 6.47. The number of nitriles is 1. The molecule has 0 unspecified atom stereocenters. The lowest BCUT2D eigenvalue weighted by Gasteiger charge is -2.41. The number of carbonyl (C=O) groups is 1. The van der Waals surface area contributed by atoms with E-state index in [9.17, 15) is 10.1 Å². The van der Waals surface area contributed by atoms with Gasteiger partial charge in [0.15, 0.2) is 11.4 Å². The number of fused-ring (bicyclic) bond motifs is 2. The Bertz CT molecular complexity index is 809. The highest BCUT2D eigenvalue weighted by Crippen LogP contribution is 2.39. The Hall–Kier alpha value is -2.33. The van der Waals surface area contributed by atoms with Crippen LogP contribution in [0.4, 0.5) is 4.79 Å². The molecule has 0 N–H and O–H groups in total. The molecule has 3 aliphatic rings. The highest BCUT2D eigenvalue weighted by molar-refractivity contribution is 5.69. The maximum atomic E-state index is 12.6. The van der Waals surface area contributed by atoms with E-state index in [1.54, 1.807) is 12.3 Å². The first kappa shape index (κ1) is 21.9. The number of rotatable bonds is 4. The quantitative estimate of drug-likeness (QED) is 0.699. The summed E-state index contributed by atoms with van der Waals surface area (Å²) in [6.07, 6.45) is 9.57. The fraction of sp³-hybridized carbons (Fsp3) is 0.708. The Balaban J connectivity index is 1.25. The van der Waals surface area contributed by atoms with Gasteiger partial charge in [-0.1, -0.05) is 0 Å². The van der Waals surface area contributed by atoms with Crippen LogP contribution < -0.4 is 4.74 Å². The van der Waals surface area contributed by atoms with E-state index in [1.165, 1.54) is 0 Å². The van der Waals surface area contributed by atoms with Crippen molar-refractivity contribution in [3.63, 3.8) is 0 Å². The molecule has 31 heavy (non-hydrogen) atoms. The van der Waals surface area contributed by atoms with Crippen LogP contribution in [0, 0.1) is 11.3 Å². The molecule has 3 heterocycles. The molecule has 2 saturated heterocycles. The molecular formula is C24H33N3O4. The van der Waals surface area contributed by atoms with Crippen molar-refractivity contribution in [2.24, 2.45) is 0 Å². The van der Waals surface area contributed by atoms with E-state index >= 15 is 0 Å². The van der Waals surface area contributed by atoms with Crippen molar-refractivity contribution in [3.05, 3.63) is 24.0 Å². The summed E-state index contributed by atoms with van der Waals surface area (Å²) in [6.45, 7) is 5.74. The lowest BCUT2D eigenvalue weighted by atomic mass is 9.93. The molecule has 3 fully saturated rings. The molecule has 0 aromatic carbocycles. The molecule has 2 bridgehead atoms. The minimum Gasteiger partial charge on any atom is -0.487 e. The van der Waals surface area contributed by atoms with Crippen LogP contribution in [-0.4, -0.2) is 52.0 Å². The van der Waals surface area contributed by atoms with Gasteiger partial charge in [-0.25, -0.2) is 9.78 Å². The van der Waals surface area contributed by atoms with Gasteiger partial charge >= 0.3 is 6.09 Å². The molecule has 2 aliphatic heterocycles. The lowest BCUT2D eigenvalue weighted by Crippen LogP contribution is -2.50. The van der Waals surface area contributed by atoms with Crippen LogP contribution in [-0.2, 0) is 9.47 Å². The molecule has 168 valence electrons. The van der Waals surface area contributed by atoms with Crippen molar-refractivity contribution in [1.82, 2.24) is 9.88 Å². The first-order chi connectivity index (χ1) is 14.8. The second kappa shape index (κ2) is 9.04. The zero-order chi connectivity index (χ0) is 22.0. The van der Waals surface area contributed by atoms with Gasteiger partial charge in [-0.15, -0.1) is 0 Å². The summed E-state index contributed by atoms with van der Waals surface area (Å²) in [4.78, 5) is 18.7.